The summed E-state index contributed by atoms with van der Waals surface area (Å²) >= 11 is 1.42. The maximum Gasteiger partial charge on any atom is 0.329 e. The summed E-state index contributed by atoms with van der Waals surface area (Å²) in [6, 6.07) is 8.58. The maximum absolute atomic E-state index is 13.8. The number of nitrogens with one attached hydrogen (secondary N) is 1. The molecule has 3 aromatic carbocycles. The van der Waals surface area contributed by atoms with Crippen LogP contribution in [0.3, 0.4) is 0 Å². The van der Waals surface area contributed by atoms with Gasteiger partial charge in [-0.05, 0) is 69.5 Å². The molecule has 0 spiro atoms. The van der Waals surface area contributed by atoms with Crippen LogP contribution in [0, 0.1) is 83.1 Å². The van der Waals surface area contributed by atoms with Gasteiger partial charge in [-0.1, -0.05) is 24.3 Å². The Morgan fingerprint density at radius 2 is 1.72 bits per heavy atom. The summed E-state index contributed by atoms with van der Waals surface area (Å²) in [5.41, 5.74) is 6.68. The third-order valence-electron chi connectivity index (χ3n) is 11.3. The number of esters is 1. The number of aromatic hydroxyl groups is 2. The standard InChI is InChI=1S/C37H38N4O7S.Ac/c1-16-8-6-7-9-21(16)36(44)39-22-14-49-35-28-27(34-33(47-15-48-34)19(4)32(28)43)25(13-46-37(22)45)41-24(12-38)23-11-20-10-17(2)18(3)31(42)26(20)29(30(35)41)40(23)5;/h6-10,22-25,29-30,35,42-43H,11,13-15H2,1-5H3,(H,39,44);/t22-,23-,24-,25+,29+,30?,35+;/m0./s1. The Morgan fingerprint density at radius 3 is 2.46 bits per heavy atom. The average molecular weight is 910 g/mol. The predicted molar refractivity (Wildman–Crippen MR) is 181 cm³/mol. The van der Waals surface area contributed by atoms with E-state index in [2.05, 4.69) is 27.3 Å². The molecule has 4 bridgehead atoms. The number of thioether (sulfide) groups is 1. The summed E-state index contributed by atoms with van der Waals surface area (Å²) in [7, 11) is 2.00. The molecule has 1 radical (unpaired) electrons. The number of ether oxygens (including phenoxy) is 3. The molecule has 3 aromatic rings. The zero-order valence-electron chi connectivity index (χ0n) is 28.5. The van der Waals surface area contributed by atoms with Crippen molar-refractivity contribution in [2.24, 2.45) is 0 Å². The minimum absolute atomic E-state index is 0. The van der Waals surface area contributed by atoms with E-state index < -0.39 is 35.4 Å². The number of nitrogens with zero attached hydrogens (tertiary/aromatic N) is 3. The second-order valence-corrected chi connectivity index (χ2v) is 14.9. The Kier molecular flexibility index (Phi) is 9.35. The summed E-state index contributed by atoms with van der Waals surface area (Å²) in [4.78, 5) is 31.6. The van der Waals surface area contributed by atoms with E-state index in [0.29, 0.717) is 40.2 Å². The van der Waals surface area contributed by atoms with Gasteiger partial charge in [0.1, 0.15) is 30.2 Å². The zero-order chi connectivity index (χ0) is 34.5. The van der Waals surface area contributed by atoms with Crippen molar-refractivity contribution in [3.63, 3.8) is 0 Å². The first-order valence-corrected chi connectivity index (χ1v) is 17.6. The molecule has 6 heterocycles. The van der Waals surface area contributed by atoms with E-state index in [-0.39, 0.29) is 92.7 Å². The summed E-state index contributed by atoms with van der Waals surface area (Å²) in [5, 5.41) is 37.1. The third kappa shape index (κ3) is 5.16. The number of piperazine rings is 1. The van der Waals surface area contributed by atoms with Crippen LogP contribution in [-0.4, -0.2) is 82.3 Å². The zero-order valence-corrected chi connectivity index (χ0v) is 34.1. The van der Waals surface area contributed by atoms with Gasteiger partial charge in [-0.2, -0.15) is 5.26 Å². The first-order chi connectivity index (χ1) is 23.5. The number of amides is 1. The number of rotatable bonds is 2. The first-order valence-electron chi connectivity index (χ1n) is 16.5. The van der Waals surface area contributed by atoms with Gasteiger partial charge in [0.25, 0.3) is 5.91 Å². The molecule has 0 saturated carbocycles. The quantitative estimate of drug-likeness (QED) is 0.315. The Balaban J connectivity index is 0.00000392. The first kappa shape index (κ1) is 35.4. The van der Waals surface area contributed by atoms with Gasteiger partial charge in [-0.15, -0.1) is 11.8 Å². The largest absolute Gasteiger partial charge is 0.507 e. The number of phenolic OH excluding ortho intramolecular Hbond substituents is 2. The van der Waals surface area contributed by atoms with Crippen molar-refractivity contribution in [2.75, 3.05) is 26.2 Å². The molecule has 6 aliphatic heterocycles. The molecule has 3 N–H and O–H groups in total. The third-order valence-corrected chi connectivity index (χ3v) is 12.7. The fraction of sp³-hybridized carbons (Fsp3) is 0.432. The molecule has 7 atom stereocenters. The SMILES string of the molecule is Cc1ccccc1C(=O)N[C@H]1CS[C@@H]2c3c(O)c(C)c4c(c3[C@@H](COC1=O)N1C2[C@H]2c3c(cc(C)c(C)c3O)C[C@@H]([C@@H]1C#N)N2C)OCO4.[Ac]. The van der Waals surface area contributed by atoms with Crippen molar-refractivity contribution in [1.29, 1.82) is 5.26 Å². The number of likely N-dealkylation sites (N-methyl/N-ethyl adjacent to an activating group) is 1. The fourth-order valence-corrected chi connectivity index (χ4v) is 10.2. The van der Waals surface area contributed by atoms with Crippen molar-refractivity contribution in [3.8, 4) is 29.1 Å². The number of aryl methyl sites for hydroxylation is 2. The molecule has 0 aliphatic carbocycles. The maximum atomic E-state index is 13.8. The van der Waals surface area contributed by atoms with Crippen LogP contribution < -0.4 is 14.8 Å². The van der Waals surface area contributed by atoms with Gasteiger partial charge in [-0.3, -0.25) is 14.6 Å². The van der Waals surface area contributed by atoms with E-state index in [9.17, 15) is 25.1 Å². The molecule has 9 rings (SSSR count). The number of phenols is 2. The van der Waals surface area contributed by atoms with Crippen LogP contribution in [-0.2, 0) is 16.0 Å². The molecule has 13 heteroatoms. The number of fused-ring (bicyclic) bond motifs is 10. The molecular formula is C37H38AcN4O7S. The molecule has 11 nitrogen and oxygen atoms in total. The van der Waals surface area contributed by atoms with Crippen LogP contribution in [0.25, 0.3) is 0 Å². The summed E-state index contributed by atoms with van der Waals surface area (Å²) in [6.45, 7) is 7.35. The Bertz CT molecular complexity index is 1980. The van der Waals surface area contributed by atoms with Crippen LogP contribution in [0.15, 0.2) is 30.3 Å². The number of nitriles is 1. The molecule has 257 valence electrons. The molecule has 2 fully saturated rings. The van der Waals surface area contributed by atoms with Crippen LogP contribution in [0.1, 0.15) is 72.2 Å². The molecule has 1 unspecified atom stereocenters. The summed E-state index contributed by atoms with van der Waals surface area (Å²) < 4.78 is 18.0. The van der Waals surface area contributed by atoms with Crippen LogP contribution >= 0.6 is 11.8 Å². The van der Waals surface area contributed by atoms with Crippen LogP contribution in [0.5, 0.6) is 23.0 Å². The normalized spacial score (nSPS) is 27.9. The molecule has 6 aliphatic rings. The average Bonchev–Trinajstić information content (AvgIpc) is 3.57. The van der Waals surface area contributed by atoms with Crippen LogP contribution in [0.4, 0.5) is 0 Å². The summed E-state index contributed by atoms with van der Waals surface area (Å²) in [5.74, 6) is 0.386. The van der Waals surface area contributed by atoms with E-state index in [0.717, 1.165) is 27.8 Å². The van der Waals surface area contributed by atoms with Crippen LogP contribution in [0.2, 0.25) is 0 Å². The minimum Gasteiger partial charge on any atom is -0.507 e. The monoisotopic (exact) mass is 909 g/mol. The van der Waals surface area contributed by atoms with Gasteiger partial charge in [0.15, 0.2) is 11.5 Å². The Morgan fingerprint density at radius 1 is 1.00 bits per heavy atom. The molecular weight excluding hydrogens is 871 g/mol. The number of hydrogen-bond acceptors (Lipinski definition) is 11. The smallest absolute Gasteiger partial charge is 0.329 e. The van der Waals surface area contributed by atoms with Crippen molar-refractivity contribution >= 4 is 23.6 Å². The van der Waals surface area contributed by atoms with Crippen molar-refractivity contribution in [1.82, 2.24) is 15.1 Å². The molecule has 2 saturated heterocycles. The Labute approximate surface area is 330 Å². The number of benzene rings is 3. The molecule has 50 heavy (non-hydrogen) atoms. The van der Waals surface area contributed by atoms with Gasteiger partial charge in [-0.25, -0.2) is 4.79 Å². The van der Waals surface area contributed by atoms with E-state index in [1.807, 2.05) is 40.0 Å². The van der Waals surface area contributed by atoms with Crippen molar-refractivity contribution in [2.45, 2.75) is 75.6 Å². The number of carbonyl (C=O) groups is 2. The molecule has 0 aromatic heterocycles. The Hall–Kier alpha value is -3.00. The van der Waals surface area contributed by atoms with Crippen molar-refractivity contribution < 1.29 is 78.1 Å². The van der Waals surface area contributed by atoms with Gasteiger partial charge in [0.2, 0.25) is 6.79 Å². The number of hydrogen-bond donors (Lipinski definition) is 3. The van der Waals surface area contributed by atoms with E-state index in [1.165, 1.54) is 11.8 Å². The van der Waals surface area contributed by atoms with Gasteiger partial charge in [0.05, 0.1) is 23.4 Å². The van der Waals surface area contributed by atoms with E-state index >= 15 is 0 Å². The predicted octanol–water partition coefficient (Wildman–Crippen LogP) is 4.42. The van der Waals surface area contributed by atoms with Gasteiger partial charge in [0, 0.05) is 89.7 Å². The van der Waals surface area contributed by atoms with E-state index in [1.54, 1.807) is 19.1 Å². The van der Waals surface area contributed by atoms with E-state index in [4.69, 9.17) is 14.2 Å². The topological polar surface area (TPSA) is 145 Å². The van der Waals surface area contributed by atoms with Crippen molar-refractivity contribution in [3.05, 3.63) is 80.4 Å². The number of carbonyl (C=O) groups excluding carboxylic acids is 2. The summed E-state index contributed by atoms with van der Waals surface area (Å²) in [6.07, 6.45) is 0.555. The minimum atomic E-state index is -0.983. The van der Waals surface area contributed by atoms with Gasteiger partial charge < -0.3 is 29.7 Å². The second kappa shape index (κ2) is 13.2. The second-order valence-electron chi connectivity index (χ2n) is 13.7. The van der Waals surface area contributed by atoms with Gasteiger partial charge >= 0.3 is 5.97 Å². The molecule has 1 amide bonds. The fourth-order valence-electron chi connectivity index (χ4n) is 8.74.